The summed E-state index contributed by atoms with van der Waals surface area (Å²) in [5.41, 5.74) is 9.63. The van der Waals surface area contributed by atoms with Gasteiger partial charge < -0.3 is 5.32 Å². The third-order valence-corrected chi connectivity index (χ3v) is 6.47. The summed E-state index contributed by atoms with van der Waals surface area (Å²) < 4.78 is 0. The first-order valence-corrected chi connectivity index (χ1v) is 10.3. The van der Waals surface area contributed by atoms with Crippen LogP contribution in [0.4, 0.5) is 11.4 Å². The van der Waals surface area contributed by atoms with Gasteiger partial charge in [-0.05, 0) is 64.1 Å². The minimum absolute atomic E-state index is 0.231. The lowest BCUT2D eigenvalue weighted by Gasteiger charge is -2.42. The van der Waals surface area contributed by atoms with Gasteiger partial charge in [0.1, 0.15) is 7.85 Å². The molecule has 1 aliphatic carbocycles. The topological polar surface area (TPSA) is 12.0 Å². The second kappa shape index (κ2) is 6.85. The van der Waals surface area contributed by atoms with E-state index in [9.17, 15) is 0 Å². The molecule has 3 aromatic carbocycles. The number of benzene rings is 3. The Morgan fingerprint density at radius 1 is 0.714 bits per heavy atom. The molecule has 4 rings (SSSR count). The Kier molecular flexibility index (Phi) is 4.61. The van der Waals surface area contributed by atoms with Gasteiger partial charge in [0.2, 0.25) is 0 Å². The maximum atomic E-state index is 3.67. The Hall–Kier alpha value is -2.48. The van der Waals surface area contributed by atoms with E-state index in [4.69, 9.17) is 0 Å². The van der Waals surface area contributed by atoms with Gasteiger partial charge in [-0.25, -0.2) is 0 Å². The van der Waals surface area contributed by atoms with Gasteiger partial charge in [-0.15, -0.1) is 0 Å². The van der Waals surface area contributed by atoms with Crippen molar-refractivity contribution in [2.24, 2.45) is 0 Å². The highest BCUT2D eigenvalue weighted by Gasteiger charge is 2.36. The quantitative estimate of drug-likeness (QED) is 0.585. The zero-order valence-corrected chi connectivity index (χ0v) is 17.8. The molecule has 0 unspecified atom stereocenters. The standard InChI is InChI=1S/C26H30BN/c1-25(2)14-15-26(3,4)22-17-20(11-12-21(22)25)28-24-13-10-19(16-23(24)27)18-8-6-5-7-9-18/h5-13,16-17,28H,14-15,27H2,1-4H3. The molecule has 0 fully saturated rings. The van der Waals surface area contributed by atoms with E-state index >= 15 is 0 Å². The third-order valence-electron chi connectivity index (χ3n) is 6.47. The average molecular weight is 367 g/mol. The number of nitrogens with one attached hydrogen (secondary N) is 1. The van der Waals surface area contributed by atoms with Crippen molar-refractivity contribution in [3.63, 3.8) is 0 Å². The summed E-state index contributed by atoms with van der Waals surface area (Å²) in [6, 6.07) is 24.2. The van der Waals surface area contributed by atoms with Crippen molar-refractivity contribution >= 4 is 24.7 Å². The first-order chi connectivity index (χ1) is 13.3. The van der Waals surface area contributed by atoms with Crippen LogP contribution in [0.5, 0.6) is 0 Å². The highest BCUT2D eigenvalue weighted by Crippen LogP contribution is 2.46. The van der Waals surface area contributed by atoms with E-state index in [0.29, 0.717) is 0 Å². The first kappa shape index (κ1) is 18.9. The van der Waals surface area contributed by atoms with E-state index in [1.54, 1.807) is 0 Å². The van der Waals surface area contributed by atoms with Crippen molar-refractivity contribution in [3.8, 4) is 11.1 Å². The summed E-state index contributed by atoms with van der Waals surface area (Å²) in [5.74, 6) is 0. The molecule has 142 valence electrons. The molecule has 0 heterocycles. The molecular weight excluding hydrogens is 337 g/mol. The van der Waals surface area contributed by atoms with E-state index < -0.39 is 0 Å². The van der Waals surface area contributed by atoms with Gasteiger partial charge in [0.15, 0.2) is 0 Å². The summed E-state index contributed by atoms with van der Waals surface area (Å²) in [7, 11) is 2.18. The molecule has 0 aliphatic heterocycles. The van der Waals surface area contributed by atoms with Crippen molar-refractivity contribution in [1.82, 2.24) is 0 Å². The molecule has 1 aliphatic rings. The van der Waals surface area contributed by atoms with E-state index in [2.05, 4.69) is 108 Å². The maximum absolute atomic E-state index is 3.67. The molecule has 0 saturated carbocycles. The fraction of sp³-hybridized carbons (Fsp3) is 0.308. The summed E-state index contributed by atoms with van der Waals surface area (Å²) in [4.78, 5) is 0. The van der Waals surface area contributed by atoms with Crippen molar-refractivity contribution in [3.05, 3.63) is 77.9 Å². The van der Waals surface area contributed by atoms with Gasteiger partial charge in [0, 0.05) is 11.4 Å². The zero-order chi connectivity index (χ0) is 19.9. The highest BCUT2D eigenvalue weighted by molar-refractivity contribution is 6.36. The van der Waals surface area contributed by atoms with Crippen LogP contribution < -0.4 is 10.8 Å². The lowest BCUT2D eigenvalue weighted by Crippen LogP contribution is -2.33. The van der Waals surface area contributed by atoms with Gasteiger partial charge in [-0.1, -0.05) is 81.7 Å². The van der Waals surface area contributed by atoms with E-state index in [1.165, 1.54) is 51.9 Å². The van der Waals surface area contributed by atoms with E-state index in [1.807, 2.05) is 0 Å². The van der Waals surface area contributed by atoms with Crippen LogP contribution in [0.1, 0.15) is 51.7 Å². The smallest absolute Gasteiger partial charge is 0.142 e. The Bertz CT molecular complexity index is 1000. The van der Waals surface area contributed by atoms with Gasteiger partial charge in [0.25, 0.3) is 0 Å². The van der Waals surface area contributed by atoms with Crippen LogP contribution in [0.2, 0.25) is 0 Å². The number of fused-ring (bicyclic) bond motifs is 1. The SMILES string of the molecule is Bc1cc(-c2ccccc2)ccc1Nc1ccc2c(c1)C(C)(C)CCC2(C)C. The van der Waals surface area contributed by atoms with Crippen LogP contribution in [0.15, 0.2) is 66.7 Å². The molecule has 0 amide bonds. The average Bonchev–Trinajstić information content (AvgIpc) is 2.68. The normalized spacial score (nSPS) is 17.0. The molecule has 0 atom stereocenters. The fourth-order valence-electron chi connectivity index (χ4n) is 4.44. The second-order valence-corrected chi connectivity index (χ2v) is 9.55. The van der Waals surface area contributed by atoms with Crippen molar-refractivity contribution in [2.75, 3.05) is 5.32 Å². The Labute approximate surface area is 170 Å². The molecule has 3 aromatic rings. The number of anilines is 2. The summed E-state index contributed by atoms with van der Waals surface area (Å²) in [5, 5.41) is 3.67. The summed E-state index contributed by atoms with van der Waals surface area (Å²) >= 11 is 0. The minimum atomic E-state index is 0.231. The third kappa shape index (κ3) is 3.48. The Balaban J connectivity index is 1.65. The van der Waals surface area contributed by atoms with Crippen molar-refractivity contribution in [1.29, 1.82) is 0 Å². The van der Waals surface area contributed by atoms with Crippen LogP contribution in [-0.2, 0) is 10.8 Å². The van der Waals surface area contributed by atoms with E-state index in [0.717, 1.165) is 0 Å². The number of hydrogen-bond donors (Lipinski definition) is 1. The van der Waals surface area contributed by atoms with Crippen LogP contribution in [0, 0.1) is 0 Å². The van der Waals surface area contributed by atoms with Crippen LogP contribution in [-0.4, -0.2) is 7.85 Å². The number of hydrogen-bond acceptors (Lipinski definition) is 1. The van der Waals surface area contributed by atoms with Crippen LogP contribution >= 0.6 is 0 Å². The van der Waals surface area contributed by atoms with Crippen molar-refractivity contribution in [2.45, 2.75) is 51.4 Å². The zero-order valence-electron chi connectivity index (χ0n) is 17.8. The monoisotopic (exact) mass is 367 g/mol. The predicted molar refractivity (Wildman–Crippen MR) is 125 cm³/mol. The molecule has 1 N–H and O–H groups in total. The summed E-state index contributed by atoms with van der Waals surface area (Å²) in [6.45, 7) is 9.51. The fourth-order valence-corrected chi connectivity index (χ4v) is 4.44. The van der Waals surface area contributed by atoms with Crippen molar-refractivity contribution < 1.29 is 0 Å². The minimum Gasteiger partial charge on any atom is -0.356 e. The molecule has 28 heavy (non-hydrogen) atoms. The summed E-state index contributed by atoms with van der Waals surface area (Å²) in [6.07, 6.45) is 2.49. The van der Waals surface area contributed by atoms with Gasteiger partial charge in [-0.2, -0.15) is 0 Å². The van der Waals surface area contributed by atoms with E-state index in [-0.39, 0.29) is 10.8 Å². The lowest BCUT2D eigenvalue weighted by molar-refractivity contribution is 0.332. The predicted octanol–water partition coefficient (Wildman–Crippen LogP) is 5.70. The maximum Gasteiger partial charge on any atom is 0.142 e. The molecule has 0 bridgehead atoms. The van der Waals surface area contributed by atoms with Gasteiger partial charge in [0.05, 0.1) is 0 Å². The van der Waals surface area contributed by atoms with Crippen LogP contribution in [0.25, 0.3) is 11.1 Å². The lowest BCUT2D eigenvalue weighted by atomic mass is 9.63. The molecule has 0 aromatic heterocycles. The Morgan fingerprint density at radius 3 is 2.07 bits per heavy atom. The first-order valence-electron chi connectivity index (χ1n) is 10.3. The molecule has 0 saturated heterocycles. The molecule has 0 radical (unpaired) electrons. The molecule has 1 nitrogen and oxygen atoms in total. The van der Waals surface area contributed by atoms with Gasteiger partial charge in [-0.3, -0.25) is 0 Å². The second-order valence-electron chi connectivity index (χ2n) is 9.55. The van der Waals surface area contributed by atoms with Gasteiger partial charge >= 0.3 is 0 Å². The largest absolute Gasteiger partial charge is 0.356 e. The molecule has 0 spiro atoms. The highest BCUT2D eigenvalue weighted by atomic mass is 14.9. The molecule has 2 heteroatoms. The Morgan fingerprint density at radius 2 is 1.39 bits per heavy atom. The number of rotatable bonds is 3. The van der Waals surface area contributed by atoms with Crippen LogP contribution in [0.3, 0.4) is 0 Å². The molecular formula is C26H30BN.